The summed E-state index contributed by atoms with van der Waals surface area (Å²) in [6, 6.07) is 9.92. The SMILES string of the molecule is CCC(Sc1cccc(NC(=O)CC(C)(C)C)c1)C(=O)Nc1sc2c(c1C#N)CCCC2. The number of nitrogens with one attached hydrogen (secondary N) is 2. The quantitative estimate of drug-likeness (QED) is 0.461. The van der Waals surface area contributed by atoms with E-state index in [2.05, 4.69) is 16.7 Å². The topological polar surface area (TPSA) is 82.0 Å². The highest BCUT2D eigenvalue weighted by Crippen LogP contribution is 2.38. The van der Waals surface area contributed by atoms with Gasteiger partial charge in [-0.05, 0) is 61.3 Å². The number of carbonyl (C=O) groups is 2. The summed E-state index contributed by atoms with van der Waals surface area (Å²) in [7, 11) is 0. The summed E-state index contributed by atoms with van der Waals surface area (Å²) in [5, 5.41) is 16.0. The third kappa shape index (κ3) is 6.36. The number of hydrogen-bond donors (Lipinski definition) is 2. The number of aryl methyl sites for hydroxylation is 1. The van der Waals surface area contributed by atoms with E-state index in [1.165, 1.54) is 16.6 Å². The highest BCUT2D eigenvalue weighted by Gasteiger charge is 2.25. The zero-order valence-corrected chi connectivity index (χ0v) is 20.8. The Morgan fingerprint density at radius 2 is 1.97 bits per heavy atom. The summed E-state index contributed by atoms with van der Waals surface area (Å²) in [6.07, 6.45) is 5.25. The first-order valence-corrected chi connectivity index (χ1v) is 12.8. The van der Waals surface area contributed by atoms with Crippen LogP contribution < -0.4 is 10.6 Å². The number of nitriles is 1. The standard InChI is InChI=1S/C25H31N3O2S2/c1-5-20(23(30)28-24-19(15-26)18-11-6-7-12-21(18)32-24)31-17-10-8-9-16(13-17)27-22(29)14-25(2,3)4/h8-10,13,20H,5-7,11-12,14H2,1-4H3,(H,27,29)(H,28,30). The molecular weight excluding hydrogens is 438 g/mol. The largest absolute Gasteiger partial charge is 0.326 e. The van der Waals surface area contributed by atoms with E-state index >= 15 is 0 Å². The Labute approximate surface area is 199 Å². The van der Waals surface area contributed by atoms with E-state index < -0.39 is 0 Å². The average molecular weight is 470 g/mol. The Morgan fingerprint density at radius 1 is 1.22 bits per heavy atom. The highest BCUT2D eigenvalue weighted by atomic mass is 32.2. The lowest BCUT2D eigenvalue weighted by Crippen LogP contribution is -2.24. The van der Waals surface area contributed by atoms with Gasteiger partial charge in [0.1, 0.15) is 11.1 Å². The number of rotatable bonds is 7. The molecule has 1 unspecified atom stereocenters. The van der Waals surface area contributed by atoms with E-state index in [1.807, 2.05) is 52.0 Å². The summed E-state index contributed by atoms with van der Waals surface area (Å²) in [5.41, 5.74) is 2.42. The molecule has 1 aliphatic rings. The van der Waals surface area contributed by atoms with Gasteiger partial charge in [-0.25, -0.2) is 0 Å². The molecule has 1 aromatic carbocycles. The normalized spacial score (nSPS) is 14.2. The molecule has 32 heavy (non-hydrogen) atoms. The van der Waals surface area contributed by atoms with Gasteiger partial charge in [0.05, 0.1) is 10.8 Å². The van der Waals surface area contributed by atoms with Gasteiger partial charge in [-0.2, -0.15) is 5.26 Å². The molecule has 2 aromatic rings. The monoisotopic (exact) mass is 469 g/mol. The molecule has 0 aliphatic heterocycles. The van der Waals surface area contributed by atoms with Crippen molar-refractivity contribution in [2.75, 3.05) is 10.6 Å². The molecule has 0 bridgehead atoms. The highest BCUT2D eigenvalue weighted by molar-refractivity contribution is 8.00. The Bertz CT molecular complexity index is 1030. The lowest BCUT2D eigenvalue weighted by molar-refractivity contribution is -0.118. The fourth-order valence-electron chi connectivity index (χ4n) is 3.79. The summed E-state index contributed by atoms with van der Waals surface area (Å²) >= 11 is 3.03. The number of benzene rings is 1. The molecule has 170 valence electrons. The number of hydrogen-bond acceptors (Lipinski definition) is 5. The van der Waals surface area contributed by atoms with Gasteiger partial charge in [-0.15, -0.1) is 23.1 Å². The van der Waals surface area contributed by atoms with Crippen LogP contribution in [0.4, 0.5) is 10.7 Å². The lowest BCUT2D eigenvalue weighted by atomic mass is 9.92. The fourth-order valence-corrected chi connectivity index (χ4v) is 6.04. The van der Waals surface area contributed by atoms with Crippen molar-refractivity contribution in [1.82, 2.24) is 0 Å². The van der Waals surface area contributed by atoms with E-state index in [9.17, 15) is 14.9 Å². The Hall–Kier alpha value is -2.30. The predicted molar refractivity (Wildman–Crippen MR) is 133 cm³/mol. The summed E-state index contributed by atoms with van der Waals surface area (Å²) < 4.78 is 0. The van der Waals surface area contributed by atoms with E-state index in [-0.39, 0.29) is 22.5 Å². The second-order valence-corrected chi connectivity index (χ2v) is 11.7. The fraction of sp³-hybridized carbons (Fsp3) is 0.480. The van der Waals surface area contributed by atoms with Gasteiger partial charge in [0.15, 0.2) is 0 Å². The first-order valence-electron chi connectivity index (χ1n) is 11.1. The first-order chi connectivity index (χ1) is 15.2. The van der Waals surface area contributed by atoms with Crippen LogP contribution in [-0.2, 0) is 22.4 Å². The number of thiophene rings is 1. The lowest BCUT2D eigenvalue weighted by Gasteiger charge is -2.18. The minimum atomic E-state index is -0.291. The Morgan fingerprint density at radius 3 is 2.66 bits per heavy atom. The minimum absolute atomic E-state index is 0.0184. The smallest absolute Gasteiger partial charge is 0.238 e. The van der Waals surface area contributed by atoms with Crippen molar-refractivity contribution in [1.29, 1.82) is 5.26 Å². The second kappa shape index (κ2) is 10.5. The average Bonchev–Trinajstić information content (AvgIpc) is 3.07. The van der Waals surface area contributed by atoms with E-state index in [0.717, 1.165) is 41.8 Å². The van der Waals surface area contributed by atoms with Gasteiger partial charge < -0.3 is 10.6 Å². The van der Waals surface area contributed by atoms with Crippen molar-refractivity contribution in [3.05, 3.63) is 40.3 Å². The molecule has 1 atom stereocenters. The van der Waals surface area contributed by atoms with Gasteiger partial charge in [-0.1, -0.05) is 33.8 Å². The van der Waals surface area contributed by atoms with Crippen molar-refractivity contribution in [2.45, 2.75) is 76.4 Å². The maximum absolute atomic E-state index is 13.0. The van der Waals surface area contributed by atoms with Crippen LogP contribution in [0.3, 0.4) is 0 Å². The number of thioether (sulfide) groups is 1. The van der Waals surface area contributed by atoms with Gasteiger partial charge in [0, 0.05) is 21.9 Å². The molecule has 3 rings (SSSR count). The third-order valence-electron chi connectivity index (χ3n) is 5.27. The molecule has 0 saturated heterocycles. The maximum atomic E-state index is 13.0. The van der Waals surface area contributed by atoms with E-state index in [1.54, 1.807) is 11.3 Å². The number of amides is 2. The Kier molecular flexibility index (Phi) is 8.02. The molecule has 1 heterocycles. The van der Waals surface area contributed by atoms with Crippen LogP contribution in [0.1, 0.15) is 69.4 Å². The van der Waals surface area contributed by atoms with Crippen LogP contribution in [0.2, 0.25) is 0 Å². The molecule has 2 amide bonds. The maximum Gasteiger partial charge on any atom is 0.238 e. The molecule has 1 aliphatic carbocycles. The van der Waals surface area contributed by atoms with Crippen LogP contribution in [0.25, 0.3) is 0 Å². The van der Waals surface area contributed by atoms with E-state index in [0.29, 0.717) is 23.4 Å². The second-order valence-electron chi connectivity index (χ2n) is 9.34. The molecule has 2 N–H and O–H groups in total. The molecular formula is C25H31N3O2S2. The van der Waals surface area contributed by atoms with Crippen LogP contribution in [0.15, 0.2) is 29.2 Å². The third-order valence-corrected chi connectivity index (χ3v) is 7.84. The van der Waals surface area contributed by atoms with Gasteiger partial charge in [-0.3, -0.25) is 9.59 Å². The van der Waals surface area contributed by atoms with Crippen molar-refractivity contribution in [3.63, 3.8) is 0 Å². The van der Waals surface area contributed by atoms with Gasteiger partial charge in [0.25, 0.3) is 0 Å². The zero-order valence-electron chi connectivity index (χ0n) is 19.2. The van der Waals surface area contributed by atoms with Gasteiger partial charge in [0.2, 0.25) is 11.8 Å². The van der Waals surface area contributed by atoms with E-state index in [4.69, 9.17) is 0 Å². The van der Waals surface area contributed by atoms with Crippen LogP contribution in [0.5, 0.6) is 0 Å². The number of fused-ring (bicyclic) bond motifs is 1. The van der Waals surface area contributed by atoms with Crippen LogP contribution in [0, 0.1) is 16.7 Å². The summed E-state index contributed by atoms with van der Waals surface area (Å²) in [5.74, 6) is -0.107. The van der Waals surface area contributed by atoms with Crippen molar-refractivity contribution < 1.29 is 9.59 Å². The molecule has 0 saturated carbocycles. The van der Waals surface area contributed by atoms with Crippen molar-refractivity contribution in [2.24, 2.45) is 5.41 Å². The van der Waals surface area contributed by atoms with Crippen LogP contribution in [-0.4, -0.2) is 17.1 Å². The molecule has 0 radical (unpaired) electrons. The van der Waals surface area contributed by atoms with Crippen molar-refractivity contribution in [3.8, 4) is 6.07 Å². The molecule has 5 nitrogen and oxygen atoms in total. The van der Waals surface area contributed by atoms with Crippen LogP contribution >= 0.6 is 23.1 Å². The minimum Gasteiger partial charge on any atom is -0.326 e. The van der Waals surface area contributed by atoms with Gasteiger partial charge >= 0.3 is 0 Å². The summed E-state index contributed by atoms with van der Waals surface area (Å²) in [4.78, 5) is 27.5. The molecule has 0 fully saturated rings. The number of anilines is 2. The molecule has 7 heteroatoms. The molecule has 0 spiro atoms. The number of carbonyl (C=O) groups excluding carboxylic acids is 2. The van der Waals surface area contributed by atoms with Crippen molar-refractivity contribution >= 4 is 45.6 Å². The Balaban J connectivity index is 1.68. The molecule has 1 aromatic heterocycles. The summed E-state index contributed by atoms with van der Waals surface area (Å²) in [6.45, 7) is 8.08. The zero-order chi connectivity index (χ0) is 23.3. The first kappa shape index (κ1) is 24.3. The predicted octanol–water partition coefficient (Wildman–Crippen LogP) is 6.38. The number of nitrogens with zero attached hydrogens (tertiary/aromatic N) is 1.